The molecule has 1 rings (SSSR count). The summed E-state index contributed by atoms with van der Waals surface area (Å²) < 4.78 is 26.5. The van der Waals surface area contributed by atoms with Crippen LogP contribution in [0.4, 0.5) is 0 Å². The van der Waals surface area contributed by atoms with Gasteiger partial charge in [0.05, 0.1) is 12.2 Å². The summed E-state index contributed by atoms with van der Waals surface area (Å²) >= 11 is 0. The maximum atomic E-state index is 11.9. The molecule has 0 saturated heterocycles. The minimum absolute atomic E-state index is 0.0532. The Morgan fingerprint density at radius 1 is 1.37 bits per heavy atom. The highest BCUT2D eigenvalue weighted by molar-refractivity contribution is 7.89. The zero-order valence-electron chi connectivity index (χ0n) is 11.9. The van der Waals surface area contributed by atoms with Crippen LogP contribution in [0.5, 0.6) is 0 Å². The molecule has 1 aliphatic carbocycles. The summed E-state index contributed by atoms with van der Waals surface area (Å²) in [6.07, 6.45) is 2.67. The summed E-state index contributed by atoms with van der Waals surface area (Å²) in [6, 6.07) is -0.0532. The second kappa shape index (κ2) is 6.70. The molecule has 0 aromatic carbocycles. The van der Waals surface area contributed by atoms with Gasteiger partial charge in [-0.2, -0.15) is 0 Å². The van der Waals surface area contributed by atoms with E-state index in [1.165, 1.54) is 0 Å². The van der Waals surface area contributed by atoms with Crippen LogP contribution in [-0.4, -0.2) is 31.3 Å². The van der Waals surface area contributed by atoms with Gasteiger partial charge in [0.15, 0.2) is 0 Å². The van der Waals surface area contributed by atoms with Gasteiger partial charge < -0.3 is 5.11 Å². The van der Waals surface area contributed by atoms with E-state index in [1.807, 2.05) is 0 Å². The van der Waals surface area contributed by atoms with Crippen molar-refractivity contribution >= 4 is 16.0 Å². The van der Waals surface area contributed by atoms with E-state index in [0.717, 1.165) is 19.3 Å². The second-order valence-corrected chi connectivity index (χ2v) is 7.89. The van der Waals surface area contributed by atoms with Crippen LogP contribution in [0.2, 0.25) is 0 Å². The Hall–Kier alpha value is -0.620. The molecule has 0 aromatic rings. The van der Waals surface area contributed by atoms with Crippen LogP contribution >= 0.6 is 0 Å². The predicted octanol–water partition coefficient (Wildman–Crippen LogP) is 1.84. The van der Waals surface area contributed by atoms with Crippen LogP contribution in [0.25, 0.3) is 0 Å². The fourth-order valence-corrected chi connectivity index (χ4v) is 4.14. The van der Waals surface area contributed by atoms with Gasteiger partial charge in [-0.3, -0.25) is 4.79 Å². The quantitative estimate of drug-likeness (QED) is 0.782. The average molecular weight is 291 g/mol. The Morgan fingerprint density at radius 2 is 2.00 bits per heavy atom. The zero-order valence-corrected chi connectivity index (χ0v) is 12.7. The topological polar surface area (TPSA) is 83.5 Å². The predicted molar refractivity (Wildman–Crippen MR) is 74.3 cm³/mol. The maximum absolute atomic E-state index is 11.9. The Balaban J connectivity index is 2.67. The van der Waals surface area contributed by atoms with Crippen LogP contribution < -0.4 is 4.72 Å². The molecule has 0 aromatic heterocycles. The van der Waals surface area contributed by atoms with Crippen molar-refractivity contribution in [3.8, 4) is 0 Å². The molecule has 1 saturated carbocycles. The van der Waals surface area contributed by atoms with E-state index in [-0.39, 0.29) is 18.2 Å². The Morgan fingerprint density at radius 3 is 2.53 bits per heavy atom. The first-order valence-electron chi connectivity index (χ1n) is 6.93. The van der Waals surface area contributed by atoms with Crippen LogP contribution in [0.3, 0.4) is 0 Å². The van der Waals surface area contributed by atoms with Gasteiger partial charge in [0.2, 0.25) is 10.0 Å². The van der Waals surface area contributed by atoms with E-state index in [2.05, 4.69) is 25.5 Å². The second-order valence-electron chi connectivity index (χ2n) is 6.01. The van der Waals surface area contributed by atoms with E-state index in [0.29, 0.717) is 17.8 Å². The van der Waals surface area contributed by atoms with Crippen LogP contribution in [0, 0.1) is 17.8 Å². The number of carboxylic acid groups (broad SMARTS) is 1. The first-order valence-corrected chi connectivity index (χ1v) is 8.58. The van der Waals surface area contributed by atoms with Gasteiger partial charge in [0.1, 0.15) is 0 Å². The maximum Gasteiger partial charge on any atom is 0.304 e. The van der Waals surface area contributed by atoms with Crippen molar-refractivity contribution < 1.29 is 18.3 Å². The lowest BCUT2D eigenvalue weighted by Gasteiger charge is -2.37. The highest BCUT2D eigenvalue weighted by Gasteiger charge is 2.33. The highest BCUT2D eigenvalue weighted by Crippen LogP contribution is 2.33. The minimum atomic E-state index is -3.50. The Bertz CT molecular complexity index is 405. The van der Waals surface area contributed by atoms with Crippen molar-refractivity contribution in [1.82, 2.24) is 4.72 Å². The lowest BCUT2D eigenvalue weighted by atomic mass is 9.74. The van der Waals surface area contributed by atoms with Crippen molar-refractivity contribution in [2.45, 2.75) is 52.5 Å². The van der Waals surface area contributed by atoms with E-state index in [4.69, 9.17) is 5.11 Å². The first-order chi connectivity index (χ1) is 8.71. The van der Waals surface area contributed by atoms with Gasteiger partial charge in [0.25, 0.3) is 0 Å². The van der Waals surface area contributed by atoms with Gasteiger partial charge in [-0.25, -0.2) is 13.1 Å². The lowest BCUT2D eigenvalue weighted by Crippen LogP contribution is -2.46. The largest absolute Gasteiger partial charge is 0.481 e. The molecule has 6 heteroatoms. The third-order valence-electron chi connectivity index (χ3n) is 3.94. The van der Waals surface area contributed by atoms with Gasteiger partial charge in [0, 0.05) is 6.04 Å². The smallest absolute Gasteiger partial charge is 0.304 e. The molecule has 3 unspecified atom stereocenters. The fourth-order valence-electron chi connectivity index (χ4n) is 2.85. The van der Waals surface area contributed by atoms with E-state index in [1.54, 1.807) is 0 Å². The molecular formula is C13H25NO4S. The SMILES string of the molecule is CC1CCC(C(C)C)C(NS(=O)(=O)CCC(=O)O)C1. The summed E-state index contributed by atoms with van der Waals surface area (Å²) in [7, 11) is -3.50. The first kappa shape index (κ1) is 16.4. The van der Waals surface area contributed by atoms with E-state index >= 15 is 0 Å². The lowest BCUT2D eigenvalue weighted by molar-refractivity contribution is -0.136. The zero-order chi connectivity index (χ0) is 14.6. The number of aliphatic carboxylic acids is 1. The van der Waals surface area contributed by atoms with E-state index < -0.39 is 16.0 Å². The molecule has 19 heavy (non-hydrogen) atoms. The molecule has 0 amide bonds. The number of carboxylic acids is 1. The molecule has 0 radical (unpaired) electrons. The number of nitrogens with one attached hydrogen (secondary N) is 1. The van der Waals surface area contributed by atoms with Crippen molar-refractivity contribution in [2.24, 2.45) is 17.8 Å². The van der Waals surface area contributed by atoms with Crippen molar-refractivity contribution in [3.05, 3.63) is 0 Å². The van der Waals surface area contributed by atoms with Gasteiger partial charge in [-0.05, 0) is 30.6 Å². The fraction of sp³-hybridized carbons (Fsp3) is 0.923. The number of carbonyl (C=O) groups is 1. The molecule has 1 aliphatic rings. The van der Waals surface area contributed by atoms with Crippen molar-refractivity contribution in [1.29, 1.82) is 0 Å². The molecule has 0 bridgehead atoms. The molecule has 1 fully saturated rings. The Labute approximate surface area is 115 Å². The molecular weight excluding hydrogens is 266 g/mol. The monoisotopic (exact) mass is 291 g/mol. The molecule has 0 heterocycles. The third kappa shape index (κ3) is 5.48. The van der Waals surface area contributed by atoms with Crippen molar-refractivity contribution in [3.63, 3.8) is 0 Å². The number of hydrogen-bond donors (Lipinski definition) is 2. The molecule has 2 N–H and O–H groups in total. The number of sulfonamides is 1. The normalized spacial score (nSPS) is 28.5. The number of hydrogen-bond acceptors (Lipinski definition) is 3. The number of rotatable bonds is 6. The van der Waals surface area contributed by atoms with Crippen LogP contribution in [0.15, 0.2) is 0 Å². The molecule has 0 aliphatic heterocycles. The summed E-state index contributed by atoms with van der Waals surface area (Å²) in [6.45, 7) is 6.35. The molecule has 0 spiro atoms. The average Bonchev–Trinajstić information content (AvgIpc) is 2.25. The standard InChI is InChI=1S/C13H25NO4S/c1-9(2)11-5-4-10(3)8-12(11)14-19(17,18)7-6-13(15)16/h9-12,14H,4-8H2,1-3H3,(H,15,16). The summed E-state index contributed by atoms with van der Waals surface area (Å²) in [5.41, 5.74) is 0. The van der Waals surface area contributed by atoms with Gasteiger partial charge >= 0.3 is 5.97 Å². The van der Waals surface area contributed by atoms with E-state index in [9.17, 15) is 13.2 Å². The summed E-state index contributed by atoms with van der Waals surface area (Å²) in [5.74, 6) is -0.127. The highest BCUT2D eigenvalue weighted by atomic mass is 32.2. The molecule has 112 valence electrons. The summed E-state index contributed by atoms with van der Waals surface area (Å²) in [5, 5.41) is 8.57. The third-order valence-corrected chi connectivity index (χ3v) is 5.34. The van der Waals surface area contributed by atoms with Gasteiger partial charge in [-0.1, -0.05) is 27.2 Å². The molecule has 3 atom stereocenters. The molecule has 5 nitrogen and oxygen atoms in total. The van der Waals surface area contributed by atoms with Crippen molar-refractivity contribution in [2.75, 3.05) is 5.75 Å². The van der Waals surface area contributed by atoms with Gasteiger partial charge in [-0.15, -0.1) is 0 Å². The van der Waals surface area contributed by atoms with Crippen LogP contribution in [-0.2, 0) is 14.8 Å². The van der Waals surface area contributed by atoms with Crippen LogP contribution in [0.1, 0.15) is 46.5 Å². The summed E-state index contributed by atoms with van der Waals surface area (Å²) in [4.78, 5) is 10.5. The minimum Gasteiger partial charge on any atom is -0.481 e. The Kier molecular flexibility index (Phi) is 5.80.